The van der Waals surface area contributed by atoms with E-state index in [1.807, 2.05) is 12.2 Å². The molecule has 0 aliphatic heterocycles. The molecule has 1 atom stereocenters. The molecule has 0 aromatic heterocycles. The molecule has 400 valence electrons. The molecule has 0 aliphatic carbocycles. The van der Waals surface area contributed by atoms with Gasteiger partial charge in [0.25, 0.3) is 0 Å². The first-order chi connectivity index (χ1) is 34.5. The zero-order valence-electron chi connectivity index (χ0n) is 45.8. The summed E-state index contributed by atoms with van der Waals surface area (Å²) in [7, 11) is 0. The van der Waals surface area contributed by atoms with Gasteiger partial charge in [-0.3, -0.25) is 14.4 Å². The van der Waals surface area contributed by atoms with Crippen molar-refractivity contribution in [3.8, 4) is 0 Å². The Labute approximate surface area is 432 Å². The lowest BCUT2D eigenvalue weighted by atomic mass is 10.0. The number of hydrogen-bond acceptors (Lipinski definition) is 6. The van der Waals surface area contributed by atoms with Crippen LogP contribution in [0.2, 0.25) is 0 Å². The number of carbonyl (C=O) groups is 3. The number of carbonyl (C=O) groups excluding carboxylic acids is 3. The summed E-state index contributed by atoms with van der Waals surface area (Å²) in [6.45, 7) is 6.40. The van der Waals surface area contributed by atoms with Crippen molar-refractivity contribution >= 4 is 17.9 Å². The lowest BCUT2D eigenvalue weighted by Crippen LogP contribution is -2.30. The SMILES string of the molecule is CC/C=C\C/C=C\C/C=C\C/C=C\C/C=C\C/C=C\CCC(=O)OC(COC(=O)CCCCCCC/C=C\CCC)COC(=O)CCCCCCCCCCCCC/C=C\CCCCCCCCCC. The van der Waals surface area contributed by atoms with E-state index in [-0.39, 0.29) is 31.6 Å². The maximum Gasteiger partial charge on any atom is 0.306 e. The van der Waals surface area contributed by atoms with Crippen molar-refractivity contribution in [2.75, 3.05) is 13.2 Å². The first kappa shape index (κ1) is 66.3. The Morgan fingerprint density at radius 3 is 0.986 bits per heavy atom. The molecule has 1 unspecified atom stereocenters. The quantitative estimate of drug-likeness (QED) is 0.0262. The Bertz CT molecular complexity index is 1400. The Balaban J connectivity index is 4.37. The third-order valence-corrected chi connectivity index (χ3v) is 12.3. The Morgan fingerprint density at radius 1 is 0.300 bits per heavy atom. The van der Waals surface area contributed by atoms with Gasteiger partial charge in [0.15, 0.2) is 6.10 Å². The number of esters is 3. The van der Waals surface area contributed by atoms with E-state index in [0.29, 0.717) is 19.3 Å². The fraction of sp³-hybridized carbons (Fsp3) is 0.703. The largest absolute Gasteiger partial charge is 0.462 e. The predicted octanol–water partition coefficient (Wildman–Crippen LogP) is 19.7. The van der Waals surface area contributed by atoms with Gasteiger partial charge in [0.2, 0.25) is 0 Å². The van der Waals surface area contributed by atoms with Gasteiger partial charge in [0, 0.05) is 19.3 Å². The van der Waals surface area contributed by atoms with E-state index in [4.69, 9.17) is 14.2 Å². The molecule has 6 nitrogen and oxygen atoms in total. The molecule has 0 heterocycles. The molecule has 0 saturated carbocycles. The highest BCUT2D eigenvalue weighted by atomic mass is 16.6. The lowest BCUT2D eigenvalue weighted by Gasteiger charge is -2.18. The van der Waals surface area contributed by atoms with Crippen LogP contribution in [0.1, 0.15) is 271 Å². The molecule has 0 rings (SSSR count). The van der Waals surface area contributed by atoms with Crippen LogP contribution in [0, 0.1) is 0 Å². The average Bonchev–Trinajstić information content (AvgIpc) is 3.36. The van der Waals surface area contributed by atoms with Crippen LogP contribution in [0.5, 0.6) is 0 Å². The summed E-state index contributed by atoms with van der Waals surface area (Å²) in [6.07, 6.45) is 77.1. The summed E-state index contributed by atoms with van der Waals surface area (Å²) >= 11 is 0. The second-order valence-corrected chi connectivity index (χ2v) is 19.2. The van der Waals surface area contributed by atoms with Crippen LogP contribution >= 0.6 is 0 Å². The molecule has 0 aromatic carbocycles. The van der Waals surface area contributed by atoms with Crippen LogP contribution < -0.4 is 0 Å². The van der Waals surface area contributed by atoms with E-state index in [2.05, 4.69) is 106 Å². The summed E-state index contributed by atoms with van der Waals surface area (Å²) in [4.78, 5) is 38.0. The highest BCUT2D eigenvalue weighted by Gasteiger charge is 2.19. The van der Waals surface area contributed by atoms with E-state index in [9.17, 15) is 14.4 Å². The minimum absolute atomic E-state index is 0.111. The Hall–Kier alpha value is -3.67. The van der Waals surface area contributed by atoms with E-state index in [1.165, 1.54) is 128 Å². The van der Waals surface area contributed by atoms with Gasteiger partial charge in [-0.1, -0.05) is 246 Å². The summed E-state index contributed by atoms with van der Waals surface area (Å²) in [6, 6.07) is 0. The number of allylic oxidation sites excluding steroid dienone is 16. The summed E-state index contributed by atoms with van der Waals surface area (Å²) in [5.41, 5.74) is 0. The predicted molar refractivity (Wildman–Crippen MR) is 302 cm³/mol. The zero-order valence-corrected chi connectivity index (χ0v) is 45.8. The van der Waals surface area contributed by atoms with Crippen molar-refractivity contribution in [1.29, 1.82) is 0 Å². The third kappa shape index (κ3) is 55.3. The monoisotopic (exact) mass is 973 g/mol. The van der Waals surface area contributed by atoms with Gasteiger partial charge in [0.05, 0.1) is 0 Å². The molecule has 0 aliphatic rings. The van der Waals surface area contributed by atoms with E-state index >= 15 is 0 Å². The minimum Gasteiger partial charge on any atom is -0.462 e. The third-order valence-electron chi connectivity index (χ3n) is 12.3. The molecular formula is C64H108O6. The Kier molecular flexibility index (Phi) is 54.9. The highest BCUT2D eigenvalue weighted by Crippen LogP contribution is 2.15. The molecule has 0 spiro atoms. The smallest absolute Gasteiger partial charge is 0.306 e. The van der Waals surface area contributed by atoms with Crippen molar-refractivity contribution < 1.29 is 28.6 Å². The van der Waals surface area contributed by atoms with E-state index in [1.54, 1.807) is 0 Å². The average molecular weight is 974 g/mol. The normalized spacial score (nSPS) is 12.8. The van der Waals surface area contributed by atoms with Crippen LogP contribution in [0.15, 0.2) is 97.2 Å². The fourth-order valence-electron chi connectivity index (χ4n) is 7.94. The first-order valence-corrected chi connectivity index (χ1v) is 29.2. The van der Waals surface area contributed by atoms with E-state index < -0.39 is 12.1 Å². The van der Waals surface area contributed by atoms with Gasteiger partial charge in [-0.15, -0.1) is 0 Å². The van der Waals surface area contributed by atoms with Gasteiger partial charge >= 0.3 is 17.9 Å². The van der Waals surface area contributed by atoms with Crippen molar-refractivity contribution in [1.82, 2.24) is 0 Å². The van der Waals surface area contributed by atoms with Gasteiger partial charge in [0.1, 0.15) is 13.2 Å². The molecule has 70 heavy (non-hydrogen) atoms. The summed E-state index contributed by atoms with van der Waals surface area (Å²) in [5.74, 6) is -1.01. The van der Waals surface area contributed by atoms with Crippen LogP contribution in [-0.2, 0) is 28.6 Å². The van der Waals surface area contributed by atoms with E-state index in [0.717, 1.165) is 96.3 Å². The van der Waals surface area contributed by atoms with Gasteiger partial charge in [-0.05, 0) is 103 Å². The number of hydrogen-bond donors (Lipinski definition) is 0. The van der Waals surface area contributed by atoms with Crippen LogP contribution in [0.25, 0.3) is 0 Å². The topological polar surface area (TPSA) is 78.9 Å². The molecule has 0 N–H and O–H groups in total. The zero-order chi connectivity index (χ0) is 50.7. The summed E-state index contributed by atoms with van der Waals surface area (Å²) < 4.78 is 16.8. The maximum absolute atomic E-state index is 12.8. The van der Waals surface area contributed by atoms with Crippen molar-refractivity contribution in [2.45, 2.75) is 277 Å². The molecule has 0 bridgehead atoms. The van der Waals surface area contributed by atoms with Crippen molar-refractivity contribution in [3.05, 3.63) is 97.2 Å². The summed E-state index contributed by atoms with van der Waals surface area (Å²) in [5, 5.41) is 0. The first-order valence-electron chi connectivity index (χ1n) is 29.2. The van der Waals surface area contributed by atoms with Gasteiger partial charge < -0.3 is 14.2 Å². The van der Waals surface area contributed by atoms with Crippen molar-refractivity contribution in [2.24, 2.45) is 0 Å². The minimum atomic E-state index is -0.822. The molecule has 0 saturated heterocycles. The molecule has 0 fully saturated rings. The second-order valence-electron chi connectivity index (χ2n) is 19.2. The molecule has 0 amide bonds. The molecule has 6 heteroatoms. The van der Waals surface area contributed by atoms with Crippen molar-refractivity contribution in [3.63, 3.8) is 0 Å². The molecule has 0 aromatic rings. The number of unbranched alkanes of at least 4 members (excludes halogenated alkanes) is 25. The Morgan fingerprint density at radius 2 is 0.614 bits per heavy atom. The highest BCUT2D eigenvalue weighted by molar-refractivity contribution is 5.71. The lowest BCUT2D eigenvalue weighted by molar-refractivity contribution is -0.166. The fourth-order valence-corrected chi connectivity index (χ4v) is 7.94. The van der Waals surface area contributed by atoms with Crippen LogP contribution in [-0.4, -0.2) is 37.2 Å². The second kappa shape index (κ2) is 57.9. The van der Waals surface area contributed by atoms with Gasteiger partial charge in [-0.2, -0.15) is 0 Å². The standard InChI is InChI=1S/C64H108O6/c1-4-7-10-13-16-19-22-24-26-28-30-31-32-33-35-36-38-40-42-45-48-51-54-57-63(66)69-60-61(59-68-62(65)56-53-50-47-44-21-18-15-12-9-6-3)70-64(67)58-55-52-49-46-43-41-39-37-34-29-27-25-23-20-17-14-11-8-5-2/h8,11-12,15,17,20,25,27-28,30,34,37,41,43,49,52,61H,4-7,9-10,13-14,16,18-19,21-24,26,29,31-33,35-36,38-40,42,44-48,50-51,53-60H2,1-3H3/b11-8-,15-12-,20-17-,27-25-,30-28-,37-34-,43-41-,52-49-. The van der Waals surface area contributed by atoms with Gasteiger partial charge in [-0.25, -0.2) is 0 Å². The number of ether oxygens (including phenoxy) is 3. The van der Waals surface area contributed by atoms with Crippen LogP contribution in [0.3, 0.4) is 0 Å². The molecular weight excluding hydrogens is 865 g/mol. The maximum atomic E-state index is 12.8. The molecule has 0 radical (unpaired) electrons. The number of rotatable bonds is 52. The van der Waals surface area contributed by atoms with Crippen LogP contribution in [0.4, 0.5) is 0 Å².